The largest absolute Gasteiger partial charge is 0.497 e. The lowest BCUT2D eigenvalue weighted by molar-refractivity contribution is -0.384. The third kappa shape index (κ3) is 6.04. The van der Waals surface area contributed by atoms with E-state index in [0.717, 1.165) is 29.8 Å². The van der Waals surface area contributed by atoms with Crippen LogP contribution >= 0.6 is 0 Å². The topological polar surface area (TPSA) is 128 Å². The highest BCUT2D eigenvalue weighted by atomic mass is 32.2. The van der Waals surface area contributed by atoms with Crippen molar-refractivity contribution in [2.75, 3.05) is 20.2 Å². The fraction of sp³-hybridized carbons (Fsp3) is 0.235. The lowest BCUT2D eigenvalue weighted by atomic mass is 10.1. The highest BCUT2D eigenvalue weighted by Gasteiger charge is 2.15. The highest BCUT2D eigenvalue weighted by molar-refractivity contribution is 7.89. The summed E-state index contributed by atoms with van der Waals surface area (Å²) in [5.41, 5.74) is 0.611. The van der Waals surface area contributed by atoms with Gasteiger partial charge >= 0.3 is 0 Å². The molecule has 27 heavy (non-hydrogen) atoms. The molecule has 10 heteroatoms. The zero-order chi connectivity index (χ0) is 19.9. The van der Waals surface area contributed by atoms with E-state index in [0.29, 0.717) is 5.75 Å². The summed E-state index contributed by atoms with van der Waals surface area (Å²) in [6.45, 7) is 0.106. The van der Waals surface area contributed by atoms with E-state index in [9.17, 15) is 23.3 Å². The standard InChI is InChI=1S/C17H19N3O6S/c1-26-15-6-2-13(3-7-15)12-17(21)18-10-11-19-27(24,25)16-8-4-14(5-9-16)20(22)23/h2-9,19H,10-12H2,1H3,(H,18,21). The Morgan fingerprint density at radius 2 is 1.70 bits per heavy atom. The number of nitrogens with one attached hydrogen (secondary N) is 2. The maximum absolute atomic E-state index is 12.1. The molecular formula is C17H19N3O6S. The van der Waals surface area contributed by atoms with E-state index in [1.54, 1.807) is 31.4 Å². The van der Waals surface area contributed by atoms with Crippen LogP contribution in [0.5, 0.6) is 5.75 Å². The Labute approximate surface area is 156 Å². The second-order valence-electron chi connectivity index (χ2n) is 5.52. The van der Waals surface area contributed by atoms with E-state index in [4.69, 9.17) is 4.74 Å². The van der Waals surface area contributed by atoms with Crippen molar-refractivity contribution in [3.05, 3.63) is 64.2 Å². The van der Waals surface area contributed by atoms with Gasteiger partial charge in [-0.2, -0.15) is 0 Å². The number of rotatable bonds is 9. The number of hydrogen-bond donors (Lipinski definition) is 2. The molecule has 0 aliphatic rings. The van der Waals surface area contributed by atoms with Crippen molar-refractivity contribution >= 4 is 21.6 Å². The van der Waals surface area contributed by atoms with Gasteiger partial charge in [0.15, 0.2) is 0 Å². The maximum Gasteiger partial charge on any atom is 0.269 e. The van der Waals surface area contributed by atoms with Crippen LogP contribution in [-0.2, 0) is 21.2 Å². The molecule has 144 valence electrons. The van der Waals surface area contributed by atoms with E-state index in [1.807, 2.05) is 0 Å². The monoisotopic (exact) mass is 393 g/mol. The molecule has 0 saturated heterocycles. The number of hydrogen-bond acceptors (Lipinski definition) is 6. The molecule has 0 unspecified atom stereocenters. The molecule has 1 amide bonds. The molecule has 2 aromatic rings. The van der Waals surface area contributed by atoms with Crippen LogP contribution in [0.4, 0.5) is 5.69 Å². The van der Waals surface area contributed by atoms with Crippen molar-refractivity contribution in [1.29, 1.82) is 0 Å². The third-order valence-corrected chi connectivity index (χ3v) is 5.10. The van der Waals surface area contributed by atoms with Crippen LogP contribution in [0.3, 0.4) is 0 Å². The highest BCUT2D eigenvalue weighted by Crippen LogP contribution is 2.15. The van der Waals surface area contributed by atoms with Crippen LogP contribution < -0.4 is 14.8 Å². The molecule has 0 aliphatic heterocycles. The quantitative estimate of drug-likeness (QED) is 0.375. The first kappa shape index (κ1) is 20.3. The van der Waals surface area contributed by atoms with Crippen molar-refractivity contribution < 1.29 is 22.9 Å². The molecule has 9 nitrogen and oxygen atoms in total. The Bertz CT molecular complexity index is 895. The van der Waals surface area contributed by atoms with Crippen molar-refractivity contribution in [1.82, 2.24) is 10.0 Å². The van der Waals surface area contributed by atoms with Crippen molar-refractivity contribution in [3.63, 3.8) is 0 Å². The van der Waals surface area contributed by atoms with Gasteiger partial charge in [-0.15, -0.1) is 0 Å². The van der Waals surface area contributed by atoms with Crippen molar-refractivity contribution in [2.45, 2.75) is 11.3 Å². The SMILES string of the molecule is COc1ccc(CC(=O)NCCNS(=O)(=O)c2ccc([N+](=O)[O-])cc2)cc1. The van der Waals surface area contributed by atoms with Gasteiger partial charge < -0.3 is 10.1 Å². The predicted octanol–water partition coefficient (Wildman–Crippen LogP) is 1.24. The van der Waals surface area contributed by atoms with E-state index < -0.39 is 14.9 Å². The van der Waals surface area contributed by atoms with Gasteiger partial charge in [-0.3, -0.25) is 14.9 Å². The lowest BCUT2D eigenvalue weighted by Crippen LogP contribution is -2.35. The second kappa shape index (κ2) is 9.10. The average Bonchev–Trinajstić information content (AvgIpc) is 2.66. The van der Waals surface area contributed by atoms with E-state index in [2.05, 4.69) is 10.0 Å². The minimum Gasteiger partial charge on any atom is -0.497 e. The Hall–Kier alpha value is -2.98. The first-order chi connectivity index (χ1) is 12.8. The summed E-state index contributed by atoms with van der Waals surface area (Å²) in [5.74, 6) is 0.453. The molecule has 2 aromatic carbocycles. The molecule has 0 aliphatic carbocycles. The molecule has 2 N–H and O–H groups in total. The van der Waals surface area contributed by atoms with Crippen LogP contribution in [0.15, 0.2) is 53.4 Å². The lowest BCUT2D eigenvalue weighted by Gasteiger charge is -2.08. The van der Waals surface area contributed by atoms with Crippen LogP contribution in [0.25, 0.3) is 0 Å². The molecule has 0 spiro atoms. The summed E-state index contributed by atoms with van der Waals surface area (Å²) in [5, 5.41) is 13.2. The fourth-order valence-electron chi connectivity index (χ4n) is 2.21. The van der Waals surface area contributed by atoms with Gasteiger partial charge in [-0.05, 0) is 29.8 Å². The first-order valence-corrected chi connectivity index (χ1v) is 9.44. The molecule has 0 saturated carbocycles. The van der Waals surface area contributed by atoms with Gasteiger partial charge in [-0.25, -0.2) is 13.1 Å². The predicted molar refractivity (Wildman–Crippen MR) is 98.0 cm³/mol. The number of nitrogens with zero attached hydrogens (tertiary/aromatic N) is 1. The third-order valence-electron chi connectivity index (χ3n) is 3.62. The number of benzene rings is 2. The fourth-order valence-corrected chi connectivity index (χ4v) is 3.24. The van der Waals surface area contributed by atoms with E-state index in [-0.39, 0.29) is 36.0 Å². The molecule has 2 rings (SSSR count). The Morgan fingerprint density at radius 3 is 2.26 bits per heavy atom. The second-order valence-corrected chi connectivity index (χ2v) is 7.29. The number of carbonyl (C=O) groups is 1. The smallest absolute Gasteiger partial charge is 0.269 e. The number of nitro groups is 1. The van der Waals surface area contributed by atoms with E-state index >= 15 is 0 Å². The molecule has 0 heterocycles. The zero-order valence-electron chi connectivity index (χ0n) is 14.5. The van der Waals surface area contributed by atoms with E-state index in [1.165, 1.54) is 0 Å². The van der Waals surface area contributed by atoms with Gasteiger partial charge in [0.05, 0.1) is 23.3 Å². The zero-order valence-corrected chi connectivity index (χ0v) is 15.4. The summed E-state index contributed by atoms with van der Waals surface area (Å²) in [7, 11) is -2.25. The van der Waals surface area contributed by atoms with Crippen LogP contribution in [-0.4, -0.2) is 39.4 Å². The Balaban J connectivity index is 1.79. The number of nitro benzene ring substituents is 1. The summed E-state index contributed by atoms with van der Waals surface area (Å²) < 4.78 is 31.6. The summed E-state index contributed by atoms with van der Waals surface area (Å²) in [6.07, 6.45) is 0.166. The van der Waals surface area contributed by atoms with Gasteiger partial charge in [0.25, 0.3) is 5.69 Å². The minimum atomic E-state index is -3.81. The summed E-state index contributed by atoms with van der Waals surface area (Å²) >= 11 is 0. The van der Waals surface area contributed by atoms with Crippen LogP contribution in [0.1, 0.15) is 5.56 Å². The number of methoxy groups -OCH3 is 1. The van der Waals surface area contributed by atoms with Gasteiger partial charge in [0.1, 0.15) is 5.75 Å². The number of carbonyl (C=O) groups excluding carboxylic acids is 1. The number of ether oxygens (including phenoxy) is 1. The Morgan fingerprint density at radius 1 is 1.07 bits per heavy atom. The molecular weight excluding hydrogens is 374 g/mol. The van der Waals surface area contributed by atoms with Crippen LogP contribution in [0.2, 0.25) is 0 Å². The minimum absolute atomic E-state index is 0.00628. The van der Waals surface area contributed by atoms with Crippen molar-refractivity contribution in [2.24, 2.45) is 0 Å². The summed E-state index contributed by atoms with van der Waals surface area (Å²) in [4.78, 5) is 21.8. The summed E-state index contributed by atoms with van der Waals surface area (Å²) in [6, 6.07) is 11.6. The molecule has 0 fully saturated rings. The van der Waals surface area contributed by atoms with Gasteiger partial charge in [0, 0.05) is 25.2 Å². The first-order valence-electron chi connectivity index (χ1n) is 7.95. The Kier molecular flexibility index (Phi) is 6.85. The number of amides is 1. The van der Waals surface area contributed by atoms with Crippen LogP contribution in [0, 0.1) is 10.1 Å². The van der Waals surface area contributed by atoms with Gasteiger partial charge in [-0.1, -0.05) is 12.1 Å². The molecule has 0 atom stereocenters. The molecule has 0 aromatic heterocycles. The average molecular weight is 393 g/mol. The number of sulfonamides is 1. The van der Waals surface area contributed by atoms with Crippen molar-refractivity contribution in [3.8, 4) is 5.75 Å². The molecule has 0 bridgehead atoms. The molecule has 0 radical (unpaired) electrons. The maximum atomic E-state index is 12.1. The number of non-ortho nitro benzene ring substituents is 1. The normalized spacial score (nSPS) is 11.0. The van der Waals surface area contributed by atoms with Gasteiger partial charge in [0.2, 0.25) is 15.9 Å².